The van der Waals surface area contributed by atoms with Gasteiger partial charge < -0.3 is 14.7 Å². The third-order valence-corrected chi connectivity index (χ3v) is 7.11. The molecule has 1 saturated heterocycles. The normalized spacial score (nSPS) is 16.7. The van der Waals surface area contributed by atoms with E-state index in [0.29, 0.717) is 23.8 Å². The molecule has 39 heavy (non-hydrogen) atoms. The van der Waals surface area contributed by atoms with Crippen molar-refractivity contribution in [2.75, 3.05) is 29.5 Å². The zero-order valence-electron chi connectivity index (χ0n) is 23.7. The van der Waals surface area contributed by atoms with Gasteiger partial charge in [0.25, 0.3) is 11.7 Å². The molecule has 1 atom stereocenters. The number of aryl methyl sites for hydroxylation is 2. The van der Waals surface area contributed by atoms with E-state index in [9.17, 15) is 14.7 Å². The number of Topliss-reactive ketones (excluding diaryl/α,β-unsaturated/α-hetero) is 1. The van der Waals surface area contributed by atoms with E-state index in [1.54, 1.807) is 18.2 Å². The van der Waals surface area contributed by atoms with Crippen molar-refractivity contribution in [2.24, 2.45) is 5.92 Å². The van der Waals surface area contributed by atoms with Gasteiger partial charge in [0.1, 0.15) is 11.5 Å². The topological polar surface area (TPSA) is 70.1 Å². The number of carbonyl (C=O) groups excluding carboxylic acids is 2. The molecule has 1 aliphatic rings. The van der Waals surface area contributed by atoms with Crippen LogP contribution in [0.1, 0.15) is 56.0 Å². The van der Waals surface area contributed by atoms with Crippen molar-refractivity contribution in [2.45, 2.75) is 47.6 Å². The number of ether oxygens (including phenoxy) is 1. The van der Waals surface area contributed by atoms with Gasteiger partial charge in [0.2, 0.25) is 0 Å². The molecule has 0 bridgehead atoms. The van der Waals surface area contributed by atoms with Crippen molar-refractivity contribution in [3.05, 3.63) is 94.6 Å². The molecule has 204 valence electrons. The number of carbonyl (C=O) groups is 2. The number of aliphatic hydroxyl groups excluding tert-OH is 1. The number of aliphatic hydroxyl groups is 1. The van der Waals surface area contributed by atoms with E-state index in [0.717, 1.165) is 41.2 Å². The van der Waals surface area contributed by atoms with Crippen LogP contribution in [0.15, 0.2) is 72.3 Å². The average molecular weight is 527 g/mol. The lowest BCUT2D eigenvalue weighted by Crippen LogP contribution is -2.29. The number of hydrogen-bond donors (Lipinski definition) is 1. The molecule has 0 aromatic heterocycles. The van der Waals surface area contributed by atoms with Crippen LogP contribution < -0.4 is 14.5 Å². The van der Waals surface area contributed by atoms with Crippen molar-refractivity contribution in [3.63, 3.8) is 0 Å². The Morgan fingerprint density at radius 3 is 2.15 bits per heavy atom. The summed E-state index contributed by atoms with van der Waals surface area (Å²) in [6, 6.07) is 19.9. The van der Waals surface area contributed by atoms with Gasteiger partial charge in [-0.25, -0.2) is 0 Å². The second-order valence-electron chi connectivity index (χ2n) is 10.5. The van der Waals surface area contributed by atoms with Gasteiger partial charge in [0, 0.05) is 30.0 Å². The molecule has 6 heteroatoms. The van der Waals surface area contributed by atoms with Crippen LogP contribution in [0.25, 0.3) is 5.76 Å². The summed E-state index contributed by atoms with van der Waals surface area (Å²) < 4.78 is 5.89. The lowest BCUT2D eigenvalue weighted by atomic mass is 9.94. The van der Waals surface area contributed by atoms with E-state index in [1.807, 2.05) is 62.4 Å². The molecule has 1 amide bonds. The SMILES string of the molecule is CCN(CC)c1ccc(C2/C(=C(/O)c3ccc(OCC(C)C)c(C)c3)C(=O)C(=O)N2c2ccc(C)cc2)cc1. The minimum atomic E-state index is -0.768. The minimum Gasteiger partial charge on any atom is -0.507 e. The number of rotatable bonds is 9. The predicted octanol–water partition coefficient (Wildman–Crippen LogP) is 6.81. The van der Waals surface area contributed by atoms with Crippen LogP contribution in [0.4, 0.5) is 11.4 Å². The average Bonchev–Trinajstić information content (AvgIpc) is 3.19. The first-order chi connectivity index (χ1) is 18.7. The lowest BCUT2D eigenvalue weighted by Gasteiger charge is -2.27. The fourth-order valence-corrected chi connectivity index (χ4v) is 4.95. The molecule has 0 saturated carbocycles. The standard InChI is InChI=1S/C33H38N2O4/c1-7-34(8-2)26-16-11-24(12-17-26)30-29(32(37)33(38)35(30)27-14-9-22(5)10-15-27)31(36)25-13-18-28(23(6)19-25)39-20-21(3)4/h9-19,21,30,36H,7-8,20H2,1-6H3/b31-29-. The lowest BCUT2D eigenvalue weighted by molar-refractivity contribution is -0.132. The molecule has 3 aromatic carbocycles. The molecular formula is C33H38N2O4. The second kappa shape index (κ2) is 11.8. The Balaban J connectivity index is 1.84. The second-order valence-corrected chi connectivity index (χ2v) is 10.5. The summed E-state index contributed by atoms with van der Waals surface area (Å²) in [5, 5.41) is 11.5. The molecule has 4 rings (SSSR count). The fraction of sp³-hybridized carbons (Fsp3) is 0.333. The van der Waals surface area contributed by atoms with Crippen LogP contribution in [0, 0.1) is 19.8 Å². The molecule has 6 nitrogen and oxygen atoms in total. The Labute approximate surface area is 231 Å². The molecule has 1 fully saturated rings. The first kappa shape index (κ1) is 28.0. The zero-order chi connectivity index (χ0) is 28.3. The summed E-state index contributed by atoms with van der Waals surface area (Å²) in [4.78, 5) is 30.7. The van der Waals surface area contributed by atoms with Gasteiger partial charge in [0.15, 0.2) is 0 Å². The maximum atomic E-state index is 13.5. The predicted molar refractivity (Wildman–Crippen MR) is 157 cm³/mol. The molecule has 0 spiro atoms. The molecule has 1 N–H and O–H groups in total. The zero-order valence-corrected chi connectivity index (χ0v) is 23.7. The summed E-state index contributed by atoms with van der Waals surface area (Å²) in [5.41, 5.74) is 4.85. The molecule has 1 heterocycles. The number of amides is 1. The monoisotopic (exact) mass is 526 g/mol. The fourth-order valence-electron chi connectivity index (χ4n) is 4.95. The van der Waals surface area contributed by atoms with Gasteiger partial charge in [0.05, 0.1) is 18.2 Å². The largest absolute Gasteiger partial charge is 0.507 e. The van der Waals surface area contributed by atoms with Crippen LogP contribution in [-0.4, -0.2) is 36.5 Å². The minimum absolute atomic E-state index is 0.0754. The molecule has 1 aliphatic heterocycles. The number of hydrogen-bond acceptors (Lipinski definition) is 5. The number of anilines is 2. The van der Waals surface area contributed by atoms with E-state index >= 15 is 0 Å². The van der Waals surface area contributed by atoms with Crippen molar-refractivity contribution >= 4 is 28.8 Å². The third-order valence-electron chi connectivity index (χ3n) is 7.11. The molecule has 1 unspecified atom stereocenters. The van der Waals surface area contributed by atoms with E-state index in [2.05, 4.69) is 32.6 Å². The van der Waals surface area contributed by atoms with E-state index in [4.69, 9.17) is 4.74 Å². The summed E-state index contributed by atoms with van der Waals surface area (Å²) in [7, 11) is 0. The van der Waals surface area contributed by atoms with Crippen LogP contribution in [0.3, 0.4) is 0 Å². The van der Waals surface area contributed by atoms with Crippen molar-refractivity contribution < 1.29 is 19.4 Å². The molecule has 0 radical (unpaired) electrons. The Kier molecular flexibility index (Phi) is 8.44. The smallest absolute Gasteiger partial charge is 0.300 e. The first-order valence-corrected chi connectivity index (χ1v) is 13.6. The van der Waals surface area contributed by atoms with Gasteiger partial charge in [-0.2, -0.15) is 0 Å². The third kappa shape index (κ3) is 5.70. The van der Waals surface area contributed by atoms with Crippen molar-refractivity contribution in [1.29, 1.82) is 0 Å². The summed E-state index contributed by atoms with van der Waals surface area (Å²) in [5.74, 6) is -0.456. The van der Waals surface area contributed by atoms with E-state index in [-0.39, 0.29) is 11.3 Å². The summed E-state index contributed by atoms with van der Waals surface area (Å²) in [6.45, 7) is 14.6. The van der Waals surface area contributed by atoms with E-state index < -0.39 is 17.7 Å². The highest BCUT2D eigenvalue weighted by Crippen LogP contribution is 2.43. The quantitative estimate of drug-likeness (QED) is 0.188. The summed E-state index contributed by atoms with van der Waals surface area (Å²) >= 11 is 0. The summed E-state index contributed by atoms with van der Waals surface area (Å²) in [6.07, 6.45) is 0. The molecular weight excluding hydrogens is 488 g/mol. The number of ketones is 1. The first-order valence-electron chi connectivity index (χ1n) is 13.6. The Morgan fingerprint density at radius 2 is 1.59 bits per heavy atom. The highest BCUT2D eigenvalue weighted by atomic mass is 16.5. The van der Waals surface area contributed by atoms with Gasteiger partial charge in [-0.05, 0) is 87.2 Å². The van der Waals surface area contributed by atoms with Crippen LogP contribution in [0.5, 0.6) is 5.75 Å². The van der Waals surface area contributed by atoms with Crippen molar-refractivity contribution in [1.82, 2.24) is 0 Å². The Bertz CT molecular complexity index is 1370. The molecule has 3 aromatic rings. The number of benzene rings is 3. The van der Waals surface area contributed by atoms with E-state index in [1.165, 1.54) is 4.90 Å². The van der Waals surface area contributed by atoms with Crippen LogP contribution in [0.2, 0.25) is 0 Å². The van der Waals surface area contributed by atoms with Gasteiger partial charge in [-0.15, -0.1) is 0 Å². The maximum Gasteiger partial charge on any atom is 0.300 e. The van der Waals surface area contributed by atoms with Crippen molar-refractivity contribution in [3.8, 4) is 5.75 Å². The van der Waals surface area contributed by atoms with Gasteiger partial charge >= 0.3 is 0 Å². The highest BCUT2D eigenvalue weighted by molar-refractivity contribution is 6.51. The van der Waals surface area contributed by atoms with Crippen LogP contribution >= 0.6 is 0 Å². The molecule has 0 aliphatic carbocycles. The maximum absolute atomic E-state index is 13.5. The van der Waals surface area contributed by atoms with Gasteiger partial charge in [-0.1, -0.05) is 43.7 Å². The van der Waals surface area contributed by atoms with Crippen LogP contribution in [-0.2, 0) is 9.59 Å². The highest BCUT2D eigenvalue weighted by Gasteiger charge is 2.47. The Morgan fingerprint density at radius 1 is 0.949 bits per heavy atom. The van der Waals surface area contributed by atoms with Gasteiger partial charge in [-0.3, -0.25) is 14.5 Å². The number of nitrogens with zero attached hydrogens (tertiary/aromatic N) is 2. The Hall–Kier alpha value is -4.06.